The maximum Gasteiger partial charge on any atom is 0.304 e. The van der Waals surface area contributed by atoms with Gasteiger partial charge in [0.25, 0.3) is 0 Å². The van der Waals surface area contributed by atoms with Gasteiger partial charge in [0.15, 0.2) is 5.96 Å². The van der Waals surface area contributed by atoms with Crippen LogP contribution in [0.5, 0.6) is 0 Å². The van der Waals surface area contributed by atoms with Gasteiger partial charge in [-0.15, -0.1) is 0 Å². The third-order valence-electron chi connectivity index (χ3n) is 4.49. The van der Waals surface area contributed by atoms with E-state index < -0.39 is 5.97 Å². The lowest BCUT2D eigenvalue weighted by Crippen LogP contribution is -2.21. The molecule has 0 radical (unpaired) electrons. The standard InChI is InChI=1S/C24H23N3O2.C2H6/c25-24(26)27-21-11-5-7-18(15-21)13-12-17-6-4-10-20(14-17)22(16-23(28)29)19-8-2-1-3-9-19;1-2/h1-15,22H,16H2,(H,28,29)(H4,25,26,27);1-2H3/b13-12-;. The largest absolute Gasteiger partial charge is 0.481 e. The zero-order valence-electron chi connectivity index (χ0n) is 17.9. The molecule has 1 unspecified atom stereocenters. The van der Waals surface area contributed by atoms with Crippen molar-refractivity contribution < 1.29 is 9.90 Å². The molecule has 5 heteroatoms. The maximum absolute atomic E-state index is 11.4. The summed E-state index contributed by atoms with van der Waals surface area (Å²) in [5, 5.41) is 9.37. The fourth-order valence-corrected chi connectivity index (χ4v) is 3.21. The first kappa shape index (κ1) is 23.4. The fourth-order valence-electron chi connectivity index (χ4n) is 3.21. The summed E-state index contributed by atoms with van der Waals surface area (Å²) in [4.78, 5) is 15.5. The molecular weight excluding hydrogens is 386 g/mol. The van der Waals surface area contributed by atoms with Crippen molar-refractivity contribution in [1.29, 1.82) is 0 Å². The van der Waals surface area contributed by atoms with E-state index in [1.54, 1.807) is 0 Å². The number of guanidine groups is 1. The predicted octanol–water partition coefficient (Wildman–Crippen LogP) is 5.39. The molecule has 0 aliphatic heterocycles. The molecule has 0 amide bonds. The number of rotatable bonds is 7. The van der Waals surface area contributed by atoms with Crippen LogP contribution in [0.2, 0.25) is 0 Å². The number of aliphatic carboxylic acids is 1. The number of aliphatic imine (C=N–C) groups is 1. The molecule has 5 nitrogen and oxygen atoms in total. The highest BCUT2D eigenvalue weighted by molar-refractivity contribution is 5.80. The number of hydrogen-bond acceptors (Lipinski definition) is 2. The van der Waals surface area contributed by atoms with Crippen LogP contribution in [0.3, 0.4) is 0 Å². The van der Waals surface area contributed by atoms with Crippen LogP contribution in [0, 0.1) is 0 Å². The summed E-state index contributed by atoms with van der Waals surface area (Å²) in [5.41, 5.74) is 15.5. The van der Waals surface area contributed by atoms with Crippen LogP contribution in [-0.2, 0) is 4.79 Å². The van der Waals surface area contributed by atoms with E-state index >= 15 is 0 Å². The van der Waals surface area contributed by atoms with Crippen molar-refractivity contribution >= 4 is 29.8 Å². The molecule has 0 fully saturated rings. The molecule has 1 atom stereocenters. The van der Waals surface area contributed by atoms with Gasteiger partial charge in [0.2, 0.25) is 0 Å². The van der Waals surface area contributed by atoms with Gasteiger partial charge < -0.3 is 16.6 Å². The molecule has 3 aromatic carbocycles. The Hall–Kier alpha value is -3.86. The normalized spacial score (nSPS) is 11.3. The van der Waals surface area contributed by atoms with Crippen LogP contribution in [0.15, 0.2) is 83.9 Å². The smallest absolute Gasteiger partial charge is 0.304 e. The first-order valence-corrected chi connectivity index (χ1v) is 10.3. The molecule has 0 spiro atoms. The number of benzene rings is 3. The summed E-state index contributed by atoms with van der Waals surface area (Å²) in [6.45, 7) is 4.00. The first-order chi connectivity index (χ1) is 15.0. The summed E-state index contributed by atoms with van der Waals surface area (Å²) in [6, 6.07) is 25.2. The van der Waals surface area contributed by atoms with Crippen molar-refractivity contribution in [3.05, 3.63) is 101 Å². The van der Waals surface area contributed by atoms with E-state index in [0.29, 0.717) is 5.69 Å². The van der Waals surface area contributed by atoms with Crippen LogP contribution >= 0.6 is 0 Å². The molecule has 0 saturated heterocycles. The second kappa shape index (κ2) is 12.0. The van der Waals surface area contributed by atoms with E-state index in [2.05, 4.69) is 4.99 Å². The number of carboxylic acids is 1. The Kier molecular flexibility index (Phi) is 9.05. The number of carboxylic acid groups (broad SMARTS) is 1. The van der Waals surface area contributed by atoms with Crippen LogP contribution in [0.1, 0.15) is 48.4 Å². The minimum atomic E-state index is -0.823. The highest BCUT2D eigenvalue weighted by Crippen LogP contribution is 2.29. The summed E-state index contributed by atoms with van der Waals surface area (Å²) < 4.78 is 0. The van der Waals surface area contributed by atoms with Gasteiger partial charge in [0.05, 0.1) is 12.1 Å². The van der Waals surface area contributed by atoms with E-state index in [-0.39, 0.29) is 18.3 Å². The molecule has 31 heavy (non-hydrogen) atoms. The molecule has 5 N–H and O–H groups in total. The van der Waals surface area contributed by atoms with E-state index in [0.717, 1.165) is 22.3 Å². The summed E-state index contributed by atoms with van der Waals surface area (Å²) in [6.07, 6.45) is 4.00. The van der Waals surface area contributed by atoms with Gasteiger partial charge >= 0.3 is 5.97 Å². The second-order valence-electron chi connectivity index (χ2n) is 6.70. The molecule has 0 saturated carbocycles. The van der Waals surface area contributed by atoms with Crippen molar-refractivity contribution in [2.75, 3.05) is 0 Å². The summed E-state index contributed by atoms with van der Waals surface area (Å²) in [7, 11) is 0. The van der Waals surface area contributed by atoms with Crippen molar-refractivity contribution in [1.82, 2.24) is 0 Å². The predicted molar refractivity (Wildman–Crippen MR) is 129 cm³/mol. The van der Waals surface area contributed by atoms with Gasteiger partial charge in [-0.3, -0.25) is 4.79 Å². The number of carbonyl (C=O) groups is 1. The van der Waals surface area contributed by atoms with Crippen molar-refractivity contribution in [2.45, 2.75) is 26.2 Å². The van der Waals surface area contributed by atoms with Crippen molar-refractivity contribution in [2.24, 2.45) is 16.5 Å². The summed E-state index contributed by atoms with van der Waals surface area (Å²) in [5.74, 6) is -1.01. The lowest BCUT2D eigenvalue weighted by atomic mass is 9.88. The topological polar surface area (TPSA) is 102 Å². The Morgan fingerprint density at radius 1 is 0.871 bits per heavy atom. The first-order valence-electron chi connectivity index (χ1n) is 10.3. The number of hydrogen-bond donors (Lipinski definition) is 3. The highest BCUT2D eigenvalue weighted by atomic mass is 16.4. The fraction of sp³-hybridized carbons (Fsp3) is 0.154. The molecule has 0 heterocycles. The van der Waals surface area contributed by atoms with Crippen molar-refractivity contribution in [3.63, 3.8) is 0 Å². The molecule has 3 rings (SSSR count). The summed E-state index contributed by atoms with van der Waals surface area (Å²) >= 11 is 0. The Morgan fingerprint density at radius 2 is 1.45 bits per heavy atom. The van der Waals surface area contributed by atoms with E-state index in [1.807, 2.05) is 105 Å². The third kappa shape index (κ3) is 7.48. The van der Waals surface area contributed by atoms with Gasteiger partial charge in [-0.2, -0.15) is 0 Å². The van der Waals surface area contributed by atoms with E-state index in [9.17, 15) is 9.90 Å². The molecule has 160 valence electrons. The van der Waals surface area contributed by atoms with Gasteiger partial charge in [0, 0.05) is 5.92 Å². The lowest BCUT2D eigenvalue weighted by Gasteiger charge is -2.16. The zero-order valence-corrected chi connectivity index (χ0v) is 17.9. The van der Waals surface area contributed by atoms with Crippen LogP contribution in [0.25, 0.3) is 12.2 Å². The van der Waals surface area contributed by atoms with Gasteiger partial charge in [-0.25, -0.2) is 4.99 Å². The Balaban J connectivity index is 0.00000166. The maximum atomic E-state index is 11.4. The quantitative estimate of drug-likeness (QED) is 0.273. The van der Waals surface area contributed by atoms with Crippen molar-refractivity contribution in [3.8, 4) is 0 Å². The van der Waals surface area contributed by atoms with Gasteiger partial charge in [0.1, 0.15) is 0 Å². The van der Waals surface area contributed by atoms with Crippen LogP contribution in [0.4, 0.5) is 5.69 Å². The molecular formula is C26H29N3O2. The van der Waals surface area contributed by atoms with Crippen LogP contribution < -0.4 is 11.5 Å². The van der Waals surface area contributed by atoms with Gasteiger partial charge in [-0.1, -0.05) is 92.7 Å². The molecule has 0 aromatic heterocycles. The number of nitrogens with two attached hydrogens (primary N) is 2. The lowest BCUT2D eigenvalue weighted by molar-refractivity contribution is -0.137. The Morgan fingerprint density at radius 3 is 2.06 bits per heavy atom. The Bertz CT molecular complexity index is 1040. The zero-order chi connectivity index (χ0) is 22.6. The molecule has 3 aromatic rings. The minimum absolute atomic E-state index is 0.0178. The average molecular weight is 416 g/mol. The Labute approximate surface area is 183 Å². The average Bonchev–Trinajstić information content (AvgIpc) is 2.78. The molecule has 0 aliphatic carbocycles. The second-order valence-corrected chi connectivity index (χ2v) is 6.70. The third-order valence-corrected chi connectivity index (χ3v) is 4.49. The SMILES string of the molecule is CC.NC(N)=Nc1cccc(/C=C\c2cccc(C(CC(=O)O)c3ccccc3)c2)c1. The van der Waals surface area contributed by atoms with E-state index in [4.69, 9.17) is 11.5 Å². The van der Waals surface area contributed by atoms with Gasteiger partial charge in [-0.05, 0) is 34.4 Å². The van der Waals surface area contributed by atoms with Crippen LogP contribution in [-0.4, -0.2) is 17.0 Å². The number of nitrogens with zero attached hydrogens (tertiary/aromatic N) is 1. The minimum Gasteiger partial charge on any atom is -0.481 e. The molecule has 0 bridgehead atoms. The van der Waals surface area contributed by atoms with E-state index in [1.165, 1.54) is 0 Å². The monoisotopic (exact) mass is 415 g/mol. The highest BCUT2D eigenvalue weighted by Gasteiger charge is 2.17. The molecule has 0 aliphatic rings.